The summed E-state index contributed by atoms with van der Waals surface area (Å²) in [6.07, 6.45) is -5.36. The van der Waals surface area contributed by atoms with E-state index in [1.807, 2.05) is 0 Å². The summed E-state index contributed by atoms with van der Waals surface area (Å²) in [6.45, 7) is 9.33. The molecule has 0 atom stereocenters. The number of hydrogen-bond donors (Lipinski definition) is 0. The molecule has 244 valence electrons. The minimum absolute atomic E-state index is 0. The molecule has 0 saturated heterocycles. The quantitative estimate of drug-likeness (QED) is 0.0923. The monoisotopic (exact) mass is 706 g/mol. The van der Waals surface area contributed by atoms with Gasteiger partial charge in [-0.2, -0.15) is 26.3 Å². The Balaban J connectivity index is 0.000000320. The van der Waals surface area contributed by atoms with Gasteiger partial charge >= 0.3 is 31.8 Å². The van der Waals surface area contributed by atoms with Crippen LogP contribution < -0.4 is 10.2 Å². The van der Waals surface area contributed by atoms with Crippen LogP contribution in [-0.4, -0.2) is 33.7 Å². The van der Waals surface area contributed by atoms with Gasteiger partial charge in [-0.1, -0.05) is 77.9 Å². The van der Waals surface area contributed by atoms with Crippen molar-refractivity contribution in [2.45, 2.75) is 53.9 Å². The summed E-state index contributed by atoms with van der Waals surface area (Å²) in [6, 6.07) is 16.4. The summed E-state index contributed by atoms with van der Waals surface area (Å²) >= 11 is 0. The molecule has 0 aliphatic heterocycles. The summed E-state index contributed by atoms with van der Waals surface area (Å²) in [4.78, 5) is 15.5. The molecule has 6 nitrogen and oxygen atoms in total. The maximum atomic E-state index is 13.2. The Morgan fingerprint density at radius 3 is 1.19 bits per heavy atom. The zero-order chi connectivity index (χ0) is 34.5. The number of aromatic nitrogens is 2. The SMILES string of the molecule is CC(C)(C)/C([O-])=C/C(=Nc1cccc2cccnc12)C(F)(F)F.CC(C)(C)/C([O-])=C/C(=Nc1cccc2cccnc12)C(F)(F)F.[Zn+2]. The van der Waals surface area contributed by atoms with Gasteiger partial charge in [0.05, 0.1) is 22.4 Å². The van der Waals surface area contributed by atoms with Crippen molar-refractivity contribution in [2.75, 3.05) is 0 Å². The first-order valence-electron chi connectivity index (χ1n) is 14.0. The number of para-hydroxylation sites is 2. The van der Waals surface area contributed by atoms with Gasteiger partial charge in [0.1, 0.15) is 11.4 Å². The molecule has 0 unspecified atom stereocenters. The summed E-state index contributed by atoms with van der Waals surface area (Å²) in [5.41, 5.74) is -3.42. The van der Waals surface area contributed by atoms with Crippen molar-refractivity contribution in [1.29, 1.82) is 0 Å². The van der Waals surface area contributed by atoms with Crippen LogP contribution >= 0.6 is 0 Å². The van der Waals surface area contributed by atoms with E-state index < -0.39 is 46.1 Å². The van der Waals surface area contributed by atoms with Crippen LogP contribution in [0.3, 0.4) is 0 Å². The number of nitrogens with zero attached hydrogens (tertiary/aromatic N) is 4. The van der Waals surface area contributed by atoms with E-state index in [9.17, 15) is 36.6 Å². The maximum absolute atomic E-state index is 13.2. The summed E-state index contributed by atoms with van der Waals surface area (Å²) < 4.78 is 79.3. The number of fused-ring (bicyclic) bond motifs is 2. The zero-order valence-corrected chi connectivity index (χ0v) is 29.6. The Morgan fingerprint density at radius 2 is 0.894 bits per heavy atom. The van der Waals surface area contributed by atoms with E-state index in [1.54, 1.807) is 90.1 Å². The van der Waals surface area contributed by atoms with Crippen LogP contribution in [0.2, 0.25) is 0 Å². The van der Waals surface area contributed by atoms with Crippen molar-refractivity contribution in [3.8, 4) is 0 Å². The molecule has 13 heteroatoms. The maximum Gasteiger partial charge on any atom is 2.00 e. The van der Waals surface area contributed by atoms with Gasteiger partial charge in [-0.3, -0.25) is 9.97 Å². The third-order valence-electron chi connectivity index (χ3n) is 6.30. The second kappa shape index (κ2) is 15.2. The van der Waals surface area contributed by atoms with Crippen molar-refractivity contribution >= 4 is 44.6 Å². The smallest absolute Gasteiger partial charge is 0.875 e. The van der Waals surface area contributed by atoms with Gasteiger partial charge < -0.3 is 10.2 Å². The Hall–Kier alpha value is -4.12. The number of aliphatic imine (C=N–C) groups is 2. The van der Waals surface area contributed by atoms with Crippen molar-refractivity contribution in [3.63, 3.8) is 0 Å². The fourth-order valence-corrected chi connectivity index (χ4v) is 3.65. The molecule has 0 fully saturated rings. The first-order valence-corrected chi connectivity index (χ1v) is 14.0. The van der Waals surface area contributed by atoms with Gasteiger partial charge in [0.2, 0.25) is 0 Å². The summed E-state index contributed by atoms with van der Waals surface area (Å²) in [7, 11) is 0. The molecule has 2 aromatic carbocycles. The number of allylic oxidation sites excluding steroid dienone is 4. The largest absolute Gasteiger partial charge is 2.00 e. The summed E-state index contributed by atoms with van der Waals surface area (Å²) in [5, 5.41) is 25.2. The number of alkyl halides is 6. The standard InChI is InChI=1S/2C17H17F3N2O.Zn/c2*1-16(2,3)14(23)10-13(17(18,19)20)22-12-8-4-6-11-7-5-9-21-15(11)12;/h2*4-10,23H,1-3H3;/q;;+2/p-2/b2*14-10-,22-13?;. The van der Waals surface area contributed by atoms with Gasteiger partial charge in [-0.15, -0.1) is 11.5 Å². The topological polar surface area (TPSA) is 96.6 Å². The molecule has 2 aromatic heterocycles. The average molecular weight is 708 g/mol. The summed E-state index contributed by atoms with van der Waals surface area (Å²) in [5.74, 6) is -1.27. The molecule has 0 bridgehead atoms. The first-order chi connectivity index (χ1) is 21.2. The predicted molar refractivity (Wildman–Crippen MR) is 165 cm³/mol. The van der Waals surface area contributed by atoms with Crippen molar-refractivity contribution in [2.24, 2.45) is 20.8 Å². The van der Waals surface area contributed by atoms with E-state index in [1.165, 1.54) is 24.5 Å². The van der Waals surface area contributed by atoms with Gasteiger partial charge in [0.25, 0.3) is 0 Å². The fraction of sp³-hybridized carbons (Fsp3) is 0.294. The van der Waals surface area contributed by atoms with Crippen molar-refractivity contribution in [1.82, 2.24) is 9.97 Å². The van der Waals surface area contributed by atoms with Crippen LogP contribution in [0, 0.1) is 10.8 Å². The Bertz CT molecular complexity index is 1670. The van der Waals surface area contributed by atoms with Gasteiger partial charge in [0, 0.05) is 23.2 Å². The number of benzene rings is 2. The first kappa shape index (κ1) is 39.1. The minimum Gasteiger partial charge on any atom is -0.875 e. The molecular formula is C34H32F6N4O2Zn. The number of halogens is 6. The van der Waals surface area contributed by atoms with Gasteiger partial charge in [-0.25, -0.2) is 9.98 Å². The predicted octanol–water partition coefficient (Wildman–Crippen LogP) is 8.32. The zero-order valence-electron chi connectivity index (χ0n) is 26.7. The molecule has 0 spiro atoms. The van der Waals surface area contributed by atoms with Crippen LogP contribution in [0.5, 0.6) is 0 Å². The van der Waals surface area contributed by atoms with Gasteiger partial charge in [-0.05, 0) is 47.2 Å². The van der Waals surface area contributed by atoms with Crippen LogP contribution in [0.4, 0.5) is 37.7 Å². The van der Waals surface area contributed by atoms with E-state index >= 15 is 0 Å². The number of rotatable bonds is 4. The van der Waals surface area contributed by atoms with Crippen molar-refractivity contribution < 1.29 is 56.0 Å². The molecule has 4 aromatic rings. The molecule has 47 heavy (non-hydrogen) atoms. The normalized spacial score (nSPS) is 14.0. The number of pyridine rings is 2. The van der Waals surface area contributed by atoms with E-state index in [-0.39, 0.29) is 30.9 Å². The second-order valence-corrected chi connectivity index (χ2v) is 12.2. The van der Waals surface area contributed by atoms with Crippen LogP contribution in [-0.2, 0) is 19.5 Å². The van der Waals surface area contributed by atoms with Crippen LogP contribution in [0.15, 0.2) is 107 Å². The van der Waals surface area contributed by atoms with Gasteiger partial charge in [0.15, 0.2) is 0 Å². The second-order valence-electron chi connectivity index (χ2n) is 12.2. The Morgan fingerprint density at radius 1 is 0.574 bits per heavy atom. The Labute approximate surface area is 281 Å². The molecular weight excluding hydrogens is 676 g/mol. The third kappa shape index (κ3) is 11.0. The molecule has 2 heterocycles. The fourth-order valence-electron chi connectivity index (χ4n) is 3.65. The minimum atomic E-state index is -4.72. The van der Waals surface area contributed by atoms with E-state index in [0.717, 1.165) is 0 Å². The molecule has 0 aliphatic carbocycles. The molecule has 0 saturated carbocycles. The Kier molecular flexibility index (Phi) is 12.6. The van der Waals surface area contributed by atoms with E-state index in [2.05, 4.69) is 20.0 Å². The number of hydrogen-bond acceptors (Lipinski definition) is 6. The van der Waals surface area contributed by atoms with E-state index in [4.69, 9.17) is 0 Å². The molecule has 4 rings (SSSR count). The van der Waals surface area contributed by atoms with Crippen LogP contribution in [0.25, 0.3) is 21.8 Å². The third-order valence-corrected chi connectivity index (χ3v) is 6.30. The molecule has 0 radical (unpaired) electrons. The molecule has 0 N–H and O–H groups in total. The average Bonchev–Trinajstić information content (AvgIpc) is 2.95. The van der Waals surface area contributed by atoms with E-state index in [0.29, 0.717) is 34.0 Å². The molecule has 0 amide bonds. The van der Waals surface area contributed by atoms with Crippen LogP contribution in [0.1, 0.15) is 41.5 Å². The molecule has 0 aliphatic rings. The van der Waals surface area contributed by atoms with Crippen molar-refractivity contribution in [3.05, 3.63) is 96.7 Å².